The summed E-state index contributed by atoms with van der Waals surface area (Å²) in [6.45, 7) is 0.438. The number of amides is 2. The first-order chi connectivity index (χ1) is 12.1. The Morgan fingerprint density at radius 2 is 1.88 bits per heavy atom. The minimum absolute atomic E-state index is 0.00773. The van der Waals surface area contributed by atoms with Crippen LogP contribution in [0.5, 0.6) is 5.75 Å². The number of ether oxygens (including phenoxy) is 1. The molecule has 0 aliphatic carbocycles. The third-order valence-corrected chi connectivity index (χ3v) is 4.28. The molecule has 2 aromatic rings. The van der Waals surface area contributed by atoms with Gasteiger partial charge in [-0.1, -0.05) is 12.1 Å². The summed E-state index contributed by atoms with van der Waals surface area (Å²) >= 11 is 0. The average Bonchev–Trinajstić information content (AvgIpc) is 3.12. The molecule has 3 rings (SSSR count). The van der Waals surface area contributed by atoms with Gasteiger partial charge in [0.1, 0.15) is 17.6 Å². The van der Waals surface area contributed by atoms with Crippen LogP contribution in [0.15, 0.2) is 48.5 Å². The Morgan fingerprint density at radius 1 is 1.16 bits per heavy atom. The quantitative estimate of drug-likeness (QED) is 0.929. The van der Waals surface area contributed by atoms with Crippen LogP contribution in [-0.2, 0) is 4.79 Å². The Kier molecular flexibility index (Phi) is 4.97. The molecule has 0 bridgehead atoms. The molecule has 1 fully saturated rings. The van der Waals surface area contributed by atoms with Crippen LogP contribution >= 0.6 is 0 Å². The molecule has 5 nitrogen and oxygen atoms in total. The highest BCUT2D eigenvalue weighted by molar-refractivity contribution is 6.01. The van der Waals surface area contributed by atoms with E-state index in [4.69, 9.17) is 4.74 Å². The van der Waals surface area contributed by atoms with Crippen molar-refractivity contribution in [2.75, 3.05) is 19.0 Å². The highest BCUT2D eigenvalue weighted by atomic mass is 19.1. The molecule has 1 aliphatic rings. The molecule has 2 amide bonds. The number of methoxy groups -OCH3 is 1. The molecule has 0 aromatic heterocycles. The number of carbonyl (C=O) groups excluding carboxylic acids is 2. The van der Waals surface area contributed by atoms with Crippen molar-refractivity contribution in [2.45, 2.75) is 18.9 Å². The van der Waals surface area contributed by atoms with Crippen molar-refractivity contribution in [1.82, 2.24) is 4.90 Å². The Balaban J connectivity index is 1.73. The predicted octanol–water partition coefficient (Wildman–Crippen LogP) is 3.08. The zero-order valence-corrected chi connectivity index (χ0v) is 13.9. The Morgan fingerprint density at radius 3 is 2.56 bits per heavy atom. The average molecular weight is 342 g/mol. The van der Waals surface area contributed by atoms with Crippen molar-refractivity contribution < 1.29 is 18.7 Å². The maximum Gasteiger partial charge on any atom is 0.257 e. The van der Waals surface area contributed by atoms with Crippen LogP contribution in [0.25, 0.3) is 0 Å². The van der Waals surface area contributed by atoms with Crippen molar-refractivity contribution in [2.24, 2.45) is 0 Å². The second-order valence-electron chi connectivity index (χ2n) is 5.85. The summed E-state index contributed by atoms with van der Waals surface area (Å²) in [5.74, 6) is -0.609. The molecule has 1 atom stereocenters. The fourth-order valence-electron chi connectivity index (χ4n) is 2.97. The topological polar surface area (TPSA) is 58.6 Å². The van der Waals surface area contributed by atoms with E-state index in [-0.39, 0.29) is 11.5 Å². The van der Waals surface area contributed by atoms with Gasteiger partial charge in [0.15, 0.2) is 0 Å². The van der Waals surface area contributed by atoms with Gasteiger partial charge in [-0.3, -0.25) is 9.59 Å². The minimum Gasteiger partial charge on any atom is -0.497 e. The molecule has 1 saturated heterocycles. The first-order valence-corrected chi connectivity index (χ1v) is 8.10. The molecule has 1 unspecified atom stereocenters. The van der Waals surface area contributed by atoms with Crippen molar-refractivity contribution in [1.29, 1.82) is 0 Å². The summed E-state index contributed by atoms with van der Waals surface area (Å²) in [6.07, 6.45) is 1.27. The van der Waals surface area contributed by atoms with Crippen LogP contribution < -0.4 is 10.1 Å². The summed E-state index contributed by atoms with van der Waals surface area (Å²) in [5, 5.41) is 2.80. The van der Waals surface area contributed by atoms with Crippen molar-refractivity contribution in [3.8, 4) is 5.75 Å². The number of benzene rings is 2. The van der Waals surface area contributed by atoms with E-state index in [1.165, 1.54) is 23.1 Å². The largest absolute Gasteiger partial charge is 0.497 e. The van der Waals surface area contributed by atoms with Crippen LogP contribution in [0.2, 0.25) is 0 Å². The number of rotatable bonds is 4. The Hall–Kier alpha value is -2.89. The zero-order chi connectivity index (χ0) is 17.8. The third kappa shape index (κ3) is 3.63. The van der Waals surface area contributed by atoms with Crippen molar-refractivity contribution >= 4 is 17.5 Å². The monoisotopic (exact) mass is 342 g/mol. The second-order valence-corrected chi connectivity index (χ2v) is 5.85. The lowest BCUT2D eigenvalue weighted by molar-refractivity contribution is -0.119. The molecule has 130 valence electrons. The summed E-state index contributed by atoms with van der Waals surface area (Å²) in [6, 6.07) is 12.2. The van der Waals surface area contributed by atoms with Gasteiger partial charge >= 0.3 is 0 Å². The second kappa shape index (κ2) is 7.34. The van der Waals surface area contributed by atoms with E-state index in [1.807, 2.05) is 0 Å². The summed E-state index contributed by atoms with van der Waals surface area (Å²) < 4.78 is 19.0. The van der Waals surface area contributed by atoms with Crippen LogP contribution in [0.3, 0.4) is 0 Å². The molecule has 1 aliphatic heterocycles. The molecule has 1 N–H and O–H groups in total. The van der Waals surface area contributed by atoms with Gasteiger partial charge in [0.05, 0.1) is 12.7 Å². The van der Waals surface area contributed by atoms with Crippen molar-refractivity contribution in [3.63, 3.8) is 0 Å². The Bertz CT molecular complexity index is 776. The number of likely N-dealkylation sites (tertiary alicyclic amines) is 1. The van der Waals surface area contributed by atoms with Crippen LogP contribution in [0.4, 0.5) is 10.1 Å². The van der Waals surface area contributed by atoms with Gasteiger partial charge in [-0.15, -0.1) is 0 Å². The SMILES string of the molecule is COc1ccc(NC(=O)C2CCCN2C(=O)c2ccccc2F)cc1. The van der Waals surface area contributed by atoms with Crippen LogP contribution in [0.1, 0.15) is 23.2 Å². The van der Waals surface area contributed by atoms with Gasteiger partial charge in [-0.05, 0) is 49.2 Å². The summed E-state index contributed by atoms with van der Waals surface area (Å²) in [4.78, 5) is 26.6. The van der Waals surface area contributed by atoms with E-state index in [0.29, 0.717) is 30.8 Å². The fraction of sp³-hybridized carbons (Fsp3) is 0.263. The number of carbonyl (C=O) groups is 2. The lowest BCUT2D eigenvalue weighted by atomic mass is 10.1. The molecular formula is C19H19FN2O3. The predicted molar refractivity (Wildman–Crippen MR) is 92.1 cm³/mol. The molecule has 1 heterocycles. The summed E-state index contributed by atoms with van der Waals surface area (Å²) in [5.41, 5.74) is 0.614. The molecule has 0 radical (unpaired) electrons. The van der Waals surface area contributed by atoms with Gasteiger partial charge in [0.2, 0.25) is 5.91 Å². The number of hydrogen-bond donors (Lipinski definition) is 1. The molecular weight excluding hydrogens is 323 g/mol. The molecule has 6 heteroatoms. The highest BCUT2D eigenvalue weighted by Gasteiger charge is 2.35. The maximum atomic E-state index is 13.9. The maximum absolute atomic E-state index is 13.9. The number of anilines is 1. The molecule has 2 aromatic carbocycles. The highest BCUT2D eigenvalue weighted by Crippen LogP contribution is 2.23. The third-order valence-electron chi connectivity index (χ3n) is 4.28. The van der Waals surface area contributed by atoms with E-state index in [9.17, 15) is 14.0 Å². The standard InChI is InChI=1S/C19H19FN2O3/c1-25-14-10-8-13(9-11-14)21-18(23)17-7-4-12-22(17)19(24)15-5-2-3-6-16(15)20/h2-3,5-6,8-11,17H,4,7,12H2,1H3,(H,21,23). The first-order valence-electron chi connectivity index (χ1n) is 8.10. The fourth-order valence-corrected chi connectivity index (χ4v) is 2.97. The number of halogens is 1. The Labute approximate surface area is 145 Å². The molecule has 25 heavy (non-hydrogen) atoms. The van der Waals surface area contributed by atoms with Gasteiger partial charge in [0, 0.05) is 12.2 Å². The number of nitrogens with one attached hydrogen (secondary N) is 1. The normalized spacial score (nSPS) is 16.6. The van der Waals surface area contributed by atoms with E-state index >= 15 is 0 Å². The van der Waals surface area contributed by atoms with Gasteiger partial charge < -0.3 is 15.0 Å². The minimum atomic E-state index is -0.603. The van der Waals surface area contributed by atoms with E-state index in [1.54, 1.807) is 37.4 Å². The van der Waals surface area contributed by atoms with Crippen LogP contribution in [0, 0.1) is 5.82 Å². The van der Waals surface area contributed by atoms with E-state index in [0.717, 1.165) is 0 Å². The number of nitrogens with zero attached hydrogens (tertiary/aromatic N) is 1. The summed E-state index contributed by atoms with van der Waals surface area (Å²) in [7, 11) is 1.57. The van der Waals surface area contributed by atoms with Crippen LogP contribution in [-0.4, -0.2) is 36.4 Å². The first kappa shape index (κ1) is 17.0. The number of hydrogen-bond acceptors (Lipinski definition) is 3. The zero-order valence-electron chi connectivity index (χ0n) is 13.9. The van der Waals surface area contributed by atoms with E-state index in [2.05, 4.69) is 5.32 Å². The lowest BCUT2D eigenvalue weighted by Gasteiger charge is -2.24. The van der Waals surface area contributed by atoms with Gasteiger partial charge in [0.25, 0.3) is 5.91 Å². The molecule has 0 spiro atoms. The van der Waals surface area contributed by atoms with E-state index < -0.39 is 17.8 Å². The van der Waals surface area contributed by atoms with Crippen molar-refractivity contribution in [3.05, 3.63) is 59.9 Å². The smallest absolute Gasteiger partial charge is 0.257 e. The van der Waals surface area contributed by atoms with Gasteiger partial charge in [-0.2, -0.15) is 0 Å². The van der Waals surface area contributed by atoms with Gasteiger partial charge in [-0.25, -0.2) is 4.39 Å². The molecule has 0 saturated carbocycles. The lowest BCUT2D eigenvalue weighted by Crippen LogP contribution is -2.43.